The monoisotopic (exact) mass is 431 g/mol. The van der Waals surface area contributed by atoms with Gasteiger partial charge in [0, 0.05) is 12.8 Å². The number of carbonyl (C=O) groups is 1. The molecule has 1 aromatic carbocycles. The fourth-order valence-electron chi connectivity index (χ4n) is 2.54. The largest absolute Gasteiger partial charge is 0.299 e. The minimum atomic E-state index is -0.414. The van der Waals surface area contributed by atoms with E-state index in [-0.39, 0.29) is 17.9 Å². The van der Waals surface area contributed by atoms with E-state index in [4.69, 9.17) is 0 Å². The van der Waals surface area contributed by atoms with Crippen LogP contribution in [0.4, 0.5) is 9.52 Å². The molecular weight excluding hydrogens is 417 g/mol. The van der Waals surface area contributed by atoms with E-state index in [0.29, 0.717) is 26.3 Å². The van der Waals surface area contributed by atoms with Crippen molar-refractivity contribution in [2.75, 3.05) is 5.32 Å². The molecule has 0 aliphatic heterocycles. The van der Waals surface area contributed by atoms with Gasteiger partial charge in [0.15, 0.2) is 9.99 Å². The topological polar surface area (TPSA) is 108 Å². The fourth-order valence-corrected chi connectivity index (χ4v) is 4.26. The summed E-state index contributed by atoms with van der Waals surface area (Å²) < 4.78 is 16.3. The van der Waals surface area contributed by atoms with Crippen molar-refractivity contribution in [3.05, 3.63) is 58.5 Å². The quantitative estimate of drug-likeness (QED) is 0.368. The van der Waals surface area contributed by atoms with Crippen molar-refractivity contribution >= 4 is 45.2 Å². The van der Waals surface area contributed by atoms with E-state index < -0.39 is 5.91 Å². The molecule has 0 bridgehead atoms. The van der Waals surface area contributed by atoms with Crippen molar-refractivity contribution in [1.29, 1.82) is 0 Å². The molecule has 0 saturated carbocycles. The summed E-state index contributed by atoms with van der Waals surface area (Å²) >= 11 is 2.66. The second-order valence-electron chi connectivity index (χ2n) is 6.02. The number of nitrogens with zero attached hydrogens (tertiary/aromatic N) is 6. The maximum Gasteiger partial charge on any atom is 0.264 e. The average Bonchev–Trinajstić information content (AvgIpc) is 3.30. The molecule has 1 amide bonds. The lowest BCUT2D eigenvalue weighted by Gasteiger charge is -2.04. The first kappa shape index (κ1) is 19.2. The molecule has 0 aliphatic carbocycles. The van der Waals surface area contributed by atoms with Gasteiger partial charge in [-0.3, -0.25) is 24.2 Å². The summed E-state index contributed by atoms with van der Waals surface area (Å²) in [7, 11) is 1.69. The van der Waals surface area contributed by atoms with Crippen LogP contribution in [0, 0.1) is 5.82 Å². The molecule has 0 aliphatic rings. The van der Waals surface area contributed by atoms with Gasteiger partial charge in [-0.25, -0.2) is 9.37 Å². The highest BCUT2D eigenvalue weighted by Gasteiger charge is 2.13. The van der Waals surface area contributed by atoms with Crippen LogP contribution in [0.15, 0.2) is 45.9 Å². The predicted octanol–water partition coefficient (Wildman–Crippen LogP) is 2.05. The molecule has 0 saturated heterocycles. The van der Waals surface area contributed by atoms with Crippen LogP contribution in [-0.4, -0.2) is 35.4 Å². The number of thioether (sulfide) groups is 1. The zero-order valence-corrected chi connectivity index (χ0v) is 16.7. The Hall–Kier alpha value is -3.12. The maximum atomic E-state index is 12.9. The molecule has 3 heterocycles. The summed E-state index contributed by atoms with van der Waals surface area (Å²) in [6.45, 7) is -0.200. The standard InChI is InChI=1S/C17H14FN7O2S2/c1-24-14-12(6-20-24)15(27)25(9-19-14)7-13(26)21-16-22-23-17(29-16)28-8-10-2-4-11(18)5-3-10/h2-6,9H,7-8H2,1H3,(H,21,22,26). The summed E-state index contributed by atoms with van der Waals surface area (Å²) in [5, 5.41) is 15.3. The van der Waals surface area contributed by atoms with Gasteiger partial charge in [-0.15, -0.1) is 10.2 Å². The molecule has 0 spiro atoms. The first-order valence-electron chi connectivity index (χ1n) is 8.37. The molecule has 4 rings (SSSR count). The Balaban J connectivity index is 1.37. The Morgan fingerprint density at radius 2 is 2.07 bits per heavy atom. The average molecular weight is 431 g/mol. The van der Waals surface area contributed by atoms with Crippen LogP contribution in [0.3, 0.4) is 0 Å². The number of halogens is 1. The van der Waals surface area contributed by atoms with Crippen molar-refractivity contribution in [3.8, 4) is 0 Å². The molecular formula is C17H14FN7O2S2. The van der Waals surface area contributed by atoms with E-state index in [2.05, 4.69) is 25.6 Å². The van der Waals surface area contributed by atoms with Gasteiger partial charge in [-0.2, -0.15) is 5.10 Å². The number of aryl methyl sites for hydroxylation is 1. The van der Waals surface area contributed by atoms with Crippen molar-refractivity contribution in [2.45, 2.75) is 16.6 Å². The van der Waals surface area contributed by atoms with Crippen LogP contribution in [0.25, 0.3) is 11.0 Å². The van der Waals surface area contributed by atoms with E-state index in [9.17, 15) is 14.0 Å². The van der Waals surface area contributed by atoms with E-state index in [1.54, 1.807) is 19.2 Å². The van der Waals surface area contributed by atoms with Gasteiger partial charge in [0.1, 0.15) is 24.1 Å². The third-order valence-corrected chi connectivity index (χ3v) is 6.00. The summed E-state index contributed by atoms with van der Waals surface area (Å²) in [6.07, 6.45) is 2.74. The van der Waals surface area contributed by atoms with Crippen LogP contribution in [0.2, 0.25) is 0 Å². The van der Waals surface area contributed by atoms with Gasteiger partial charge in [0.05, 0.1) is 6.20 Å². The first-order valence-corrected chi connectivity index (χ1v) is 10.2. The highest BCUT2D eigenvalue weighted by molar-refractivity contribution is 8.00. The molecule has 12 heteroatoms. The molecule has 1 N–H and O–H groups in total. The summed E-state index contributed by atoms with van der Waals surface area (Å²) in [4.78, 5) is 28.8. The van der Waals surface area contributed by atoms with Gasteiger partial charge in [-0.05, 0) is 17.7 Å². The third kappa shape index (κ3) is 4.32. The number of carbonyl (C=O) groups excluding carboxylic acids is 1. The normalized spacial score (nSPS) is 11.1. The lowest BCUT2D eigenvalue weighted by atomic mass is 10.2. The number of hydrogen-bond acceptors (Lipinski definition) is 8. The molecule has 148 valence electrons. The Labute approximate surface area is 171 Å². The highest BCUT2D eigenvalue weighted by atomic mass is 32.2. The van der Waals surface area contributed by atoms with Crippen LogP contribution < -0.4 is 10.9 Å². The van der Waals surface area contributed by atoms with Crippen molar-refractivity contribution < 1.29 is 9.18 Å². The zero-order valence-electron chi connectivity index (χ0n) is 15.1. The molecule has 0 fully saturated rings. The number of nitrogens with one attached hydrogen (secondary N) is 1. The van der Waals surface area contributed by atoms with Crippen LogP contribution >= 0.6 is 23.1 Å². The second kappa shape index (κ2) is 8.09. The number of benzene rings is 1. The Morgan fingerprint density at radius 1 is 1.28 bits per heavy atom. The zero-order chi connectivity index (χ0) is 20.4. The smallest absolute Gasteiger partial charge is 0.264 e. The lowest BCUT2D eigenvalue weighted by Crippen LogP contribution is -2.27. The molecule has 4 aromatic rings. The number of aromatic nitrogens is 6. The predicted molar refractivity (Wildman–Crippen MR) is 107 cm³/mol. The van der Waals surface area contributed by atoms with Crippen molar-refractivity contribution in [2.24, 2.45) is 7.05 Å². The molecule has 0 unspecified atom stereocenters. The second-order valence-corrected chi connectivity index (χ2v) is 8.22. The Bertz CT molecular complexity index is 1230. The van der Waals surface area contributed by atoms with Gasteiger partial charge >= 0.3 is 0 Å². The van der Waals surface area contributed by atoms with Gasteiger partial charge in [0.2, 0.25) is 11.0 Å². The van der Waals surface area contributed by atoms with Crippen molar-refractivity contribution in [3.63, 3.8) is 0 Å². The van der Waals surface area contributed by atoms with E-state index >= 15 is 0 Å². The SMILES string of the molecule is Cn1ncc2c(=O)n(CC(=O)Nc3nnc(SCc4ccc(F)cc4)s3)cnc21. The number of hydrogen-bond donors (Lipinski definition) is 1. The molecule has 9 nitrogen and oxygen atoms in total. The minimum absolute atomic E-state index is 0.200. The summed E-state index contributed by atoms with van der Waals surface area (Å²) in [5.41, 5.74) is 1.07. The Kier molecular flexibility index (Phi) is 5.36. The minimum Gasteiger partial charge on any atom is -0.299 e. The molecule has 0 radical (unpaired) electrons. The summed E-state index contributed by atoms with van der Waals surface area (Å²) in [6, 6.07) is 6.22. The van der Waals surface area contributed by atoms with Gasteiger partial charge in [-0.1, -0.05) is 35.2 Å². The number of fused-ring (bicyclic) bond motifs is 1. The summed E-state index contributed by atoms with van der Waals surface area (Å²) in [5.74, 6) is -0.0882. The van der Waals surface area contributed by atoms with Crippen LogP contribution in [0.1, 0.15) is 5.56 Å². The number of rotatable bonds is 6. The van der Waals surface area contributed by atoms with Crippen molar-refractivity contribution in [1.82, 2.24) is 29.5 Å². The lowest BCUT2D eigenvalue weighted by molar-refractivity contribution is -0.116. The van der Waals surface area contributed by atoms with E-state index in [0.717, 1.165) is 5.56 Å². The third-order valence-electron chi connectivity index (χ3n) is 3.96. The van der Waals surface area contributed by atoms with E-state index in [1.165, 1.54) is 57.0 Å². The molecule has 0 atom stereocenters. The first-order chi connectivity index (χ1) is 14.0. The van der Waals surface area contributed by atoms with Crippen LogP contribution in [-0.2, 0) is 24.1 Å². The van der Waals surface area contributed by atoms with Crippen LogP contribution in [0.5, 0.6) is 0 Å². The Morgan fingerprint density at radius 3 is 2.86 bits per heavy atom. The highest BCUT2D eigenvalue weighted by Crippen LogP contribution is 2.28. The molecule has 3 aromatic heterocycles. The van der Waals surface area contributed by atoms with Gasteiger partial charge < -0.3 is 0 Å². The fraction of sp³-hybridized carbons (Fsp3) is 0.176. The number of amides is 1. The number of anilines is 1. The molecule has 29 heavy (non-hydrogen) atoms. The maximum absolute atomic E-state index is 12.9. The van der Waals surface area contributed by atoms with E-state index in [1.807, 2.05) is 0 Å². The van der Waals surface area contributed by atoms with Gasteiger partial charge in [0.25, 0.3) is 5.56 Å².